The van der Waals surface area contributed by atoms with Gasteiger partial charge in [-0.25, -0.2) is 0 Å². The van der Waals surface area contributed by atoms with Crippen molar-refractivity contribution in [3.63, 3.8) is 0 Å². The van der Waals surface area contributed by atoms with Gasteiger partial charge in [0.1, 0.15) is 6.10 Å². The van der Waals surface area contributed by atoms with Crippen molar-refractivity contribution in [1.82, 2.24) is 4.98 Å². The quantitative estimate of drug-likeness (QED) is 0.368. The van der Waals surface area contributed by atoms with Gasteiger partial charge in [-0.2, -0.15) is 13.2 Å². The number of halogens is 3. The predicted octanol–water partition coefficient (Wildman–Crippen LogP) is 9.00. The maximum Gasteiger partial charge on any atom is 0.416 e. The molecule has 3 atom stereocenters. The van der Waals surface area contributed by atoms with Crippen molar-refractivity contribution >= 4 is 0 Å². The Bertz CT molecular complexity index is 1110. The molecule has 2 aliphatic carbocycles. The minimum absolute atomic E-state index is 0.121. The summed E-state index contributed by atoms with van der Waals surface area (Å²) in [5.74, 6) is 1.04. The Kier molecular flexibility index (Phi) is 10.9. The van der Waals surface area contributed by atoms with Crippen molar-refractivity contribution in [2.45, 2.75) is 123 Å². The van der Waals surface area contributed by atoms with Gasteiger partial charge in [-0.1, -0.05) is 72.4 Å². The smallest absolute Gasteiger partial charge is 0.388 e. The van der Waals surface area contributed by atoms with E-state index in [1.807, 2.05) is 6.92 Å². The summed E-state index contributed by atoms with van der Waals surface area (Å²) < 4.78 is 45.1. The van der Waals surface area contributed by atoms with Crippen LogP contribution in [-0.2, 0) is 17.3 Å². The third-order valence-electron chi connectivity index (χ3n) is 8.54. The second kappa shape index (κ2) is 13.3. The van der Waals surface area contributed by atoms with Crippen LogP contribution in [0.4, 0.5) is 13.2 Å². The molecule has 3 unspecified atom stereocenters. The molecule has 1 aromatic heterocycles. The highest BCUT2D eigenvalue weighted by Gasteiger charge is 2.40. The van der Waals surface area contributed by atoms with Crippen molar-refractivity contribution in [2.24, 2.45) is 11.3 Å². The van der Waals surface area contributed by atoms with Gasteiger partial charge in [0.25, 0.3) is 0 Å². The van der Waals surface area contributed by atoms with E-state index in [0.717, 1.165) is 67.0 Å². The number of alkyl halides is 3. The van der Waals surface area contributed by atoms with Crippen LogP contribution < -0.4 is 0 Å². The highest BCUT2D eigenvalue weighted by molar-refractivity contribution is 5.50. The summed E-state index contributed by atoms with van der Waals surface area (Å²) in [6.07, 6.45) is 1.02. The minimum atomic E-state index is -4.45. The Hall–Kier alpha value is -1.96. The zero-order chi connectivity index (χ0) is 29.8. The maximum absolute atomic E-state index is 13.1. The average molecular weight is 564 g/mol. The number of aliphatic hydroxyl groups is 2. The number of hydrogen-bond acceptors (Lipinski definition) is 4. The van der Waals surface area contributed by atoms with E-state index in [-0.39, 0.29) is 11.3 Å². The lowest BCUT2D eigenvalue weighted by Crippen LogP contribution is -2.31. The number of rotatable bonds is 6. The fraction of sp³-hybridized carbons (Fsp3) is 0.667. The van der Waals surface area contributed by atoms with E-state index in [0.29, 0.717) is 29.7 Å². The van der Waals surface area contributed by atoms with Crippen LogP contribution in [0.3, 0.4) is 0 Å². The number of ether oxygens (including phenoxy) is 1. The highest BCUT2D eigenvalue weighted by atomic mass is 19.4. The molecule has 4 rings (SSSR count). The van der Waals surface area contributed by atoms with E-state index < -0.39 is 30.1 Å². The number of benzene rings is 1. The molecule has 2 aromatic rings. The molecule has 1 heterocycles. The van der Waals surface area contributed by atoms with Gasteiger partial charge in [0, 0.05) is 23.9 Å². The summed E-state index contributed by atoms with van der Waals surface area (Å²) in [6.45, 7) is 12.7. The second-order valence-corrected chi connectivity index (χ2v) is 12.8. The summed E-state index contributed by atoms with van der Waals surface area (Å²) in [4.78, 5) is 4.96. The van der Waals surface area contributed by atoms with Crippen LogP contribution in [0.2, 0.25) is 0 Å². The van der Waals surface area contributed by atoms with Crippen LogP contribution in [0.5, 0.6) is 0 Å². The van der Waals surface area contributed by atoms with Gasteiger partial charge < -0.3 is 14.9 Å². The summed E-state index contributed by atoms with van der Waals surface area (Å²) >= 11 is 0. The number of fused-ring (bicyclic) bond motifs is 1. The van der Waals surface area contributed by atoms with Crippen LogP contribution in [0, 0.1) is 11.3 Å². The molecule has 2 N–H and O–H groups in total. The molecule has 224 valence electrons. The zero-order valence-corrected chi connectivity index (χ0v) is 25.2. The lowest BCUT2D eigenvalue weighted by molar-refractivity contribution is -0.137. The van der Waals surface area contributed by atoms with E-state index in [2.05, 4.69) is 34.6 Å². The third-order valence-corrected chi connectivity index (χ3v) is 8.54. The summed E-state index contributed by atoms with van der Waals surface area (Å²) in [7, 11) is 1.58. The maximum atomic E-state index is 13.1. The van der Waals surface area contributed by atoms with Gasteiger partial charge in [-0.05, 0) is 73.1 Å². The molecule has 7 heteroatoms. The largest absolute Gasteiger partial charge is 0.416 e. The van der Waals surface area contributed by atoms with Crippen LogP contribution in [0.1, 0.15) is 150 Å². The summed E-state index contributed by atoms with van der Waals surface area (Å²) in [5, 5.41) is 23.0. The van der Waals surface area contributed by atoms with E-state index >= 15 is 0 Å². The summed E-state index contributed by atoms with van der Waals surface area (Å²) in [5.41, 5.74) is 3.27. The number of pyridine rings is 1. The lowest BCUT2D eigenvalue weighted by atomic mass is 9.69. The molecule has 40 heavy (non-hydrogen) atoms. The molecule has 2 aliphatic rings. The first-order valence-electron chi connectivity index (χ1n) is 14.8. The zero-order valence-electron chi connectivity index (χ0n) is 25.2. The topological polar surface area (TPSA) is 62.6 Å². The van der Waals surface area contributed by atoms with Gasteiger partial charge >= 0.3 is 6.18 Å². The molecule has 0 saturated heterocycles. The second-order valence-electron chi connectivity index (χ2n) is 12.8. The Morgan fingerprint density at radius 3 is 2.10 bits per heavy atom. The van der Waals surface area contributed by atoms with Crippen LogP contribution >= 0.6 is 0 Å². The molecule has 4 nitrogen and oxygen atoms in total. The van der Waals surface area contributed by atoms with Crippen LogP contribution in [0.15, 0.2) is 24.3 Å². The predicted molar refractivity (Wildman–Crippen MR) is 153 cm³/mol. The Morgan fingerprint density at radius 1 is 1.02 bits per heavy atom. The van der Waals surface area contributed by atoms with E-state index in [1.165, 1.54) is 18.6 Å². The molecule has 0 aliphatic heterocycles. The molecule has 0 spiro atoms. The number of hydrogen-bond donors (Lipinski definition) is 2. The number of aromatic nitrogens is 1. The molecule has 1 saturated carbocycles. The molecular formula is C33H48F3NO3. The van der Waals surface area contributed by atoms with Gasteiger partial charge in [0.15, 0.2) is 0 Å². The fourth-order valence-electron chi connectivity index (χ4n) is 5.92. The van der Waals surface area contributed by atoms with Gasteiger partial charge in [0.2, 0.25) is 0 Å². The Morgan fingerprint density at radius 2 is 1.60 bits per heavy atom. The van der Waals surface area contributed by atoms with Gasteiger partial charge in [-0.3, -0.25) is 4.98 Å². The Labute approximate surface area is 238 Å². The van der Waals surface area contributed by atoms with Crippen molar-refractivity contribution in [1.29, 1.82) is 0 Å². The van der Waals surface area contributed by atoms with Gasteiger partial charge in [0.05, 0.1) is 23.5 Å². The van der Waals surface area contributed by atoms with Crippen molar-refractivity contribution < 1.29 is 28.1 Å². The van der Waals surface area contributed by atoms with E-state index in [9.17, 15) is 23.4 Å². The van der Waals surface area contributed by atoms with Crippen LogP contribution in [-0.4, -0.2) is 22.3 Å². The molecule has 0 radical (unpaired) electrons. The van der Waals surface area contributed by atoms with E-state index in [1.54, 1.807) is 7.11 Å². The first-order valence-corrected chi connectivity index (χ1v) is 14.8. The molecular weight excluding hydrogens is 515 g/mol. The third kappa shape index (κ3) is 7.65. The summed E-state index contributed by atoms with van der Waals surface area (Å²) in [6, 6.07) is 4.67. The van der Waals surface area contributed by atoms with Crippen LogP contribution in [0.25, 0.3) is 0 Å². The SMILES string of the molecule is CCC(C)C.COC(C)c1nc2c(c(C3CCCCC3)c1C(O)c1ccc(C(F)(F)F)cc1)C(O)CC(C)(C)C2. The standard InChI is InChI=1S/C28H36F3NO3.C5H12/c1-16(35-4)25-24(26(34)18-10-12-19(13-11-18)28(29,30)31)22(17-8-6-5-7-9-17)23-20(32-25)14-27(2,3)15-21(23)33;1-4-5(2)3/h10-13,16-17,21,26,33-34H,5-9,14-15H2,1-4H3;5H,4H2,1-3H3. The van der Waals surface area contributed by atoms with Crippen molar-refractivity contribution in [3.05, 3.63) is 63.5 Å². The first-order chi connectivity index (χ1) is 18.7. The van der Waals surface area contributed by atoms with E-state index in [4.69, 9.17) is 9.72 Å². The molecule has 0 bridgehead atoms. The van der Waals surface area contributed by atoms with Crippen molar-refractivity contribution in [3.8, 4) is 0 Å². The highest BCUT2D eigenvalue weighted by Crippen LogP contribution is 2.49. The minimum Gasteiger partial charge on any atom is -0.388 e. The normalized spacial score (nSPS) is 20.9. The number of aliphatic hydroxyl groups excluding tert-OH is 2. The van der Waals surface area contributed by atoms with Gasteiger partial charge in [-0.15, -0.1) is 0 Å². The molecule has 1 fully saturated rings. The monoisotopic (exact) mass is 563 g/mol. The fourth-order valence-corrected chi connectivity index (χ4v) is 5.92. The average Bonchev–Trinajstić information content (AvgIpc) is 2.90. The van der Waals surface area contributed by atoms with Crippen molar-refractivity contribution in [2.75, 3.05) is 7.11 Å². The number of methoxy groups -OCH3 is 1. The molecule has 0 amide bonds. The lowest BCUT2D eigenvalue weighted by Gasteiger charge is -2.39. The number of nitrogens with zero attached hydrogens (tertiary/aromatic N) is 1. The Balaban J connectivity index is 0.000000810. The molecule has 1 aromatic carbocycles. The first kappa shape index (κ1) is 32.6.